The standard InChI is InChI=1S/C25H28ClF3N4O3S/c1-3-6-17-14(7-5-11-32(17)24(36)20-16(25(27,28)29)8-4-10-31-20)23(35)33-12-9-18-15(13-19(26)37-18)21(33)22(34)30-2/h4,8,10,13-14,17,21H,3,5-7,9,11-12H2,1-2H3,(H,30,34)/t14-,17-,21?/m1/s1. The summed E-state index contributed by atoms with van der Waals surface area (Å²) in [5.41, 5.74) is -1.07. The first-order valence-corrected chi connectivity index (χ1v) is 13.4. The minimum absolute atomic E-state index is 0.227. The molecule has 2 aliphatic rings. The highest BCUT2D eigenvalue weighted by Gasteiger charge is 2.46. The van der Waals surface area contributed by atoms with Gasteiger partial charge in [0.15, 0.2) is 0 Å². The normalized spacial score (nSPS) is 21.9. The predicted octanol–water partition coefficient (Wildman–Crippen LogP) is 4.71. The number of carbonyl (C=O) groups excluding carboxylic acids is 3. The number of alkyl halides is 3. The van der Waals surface area contributed by atoms with Crippen molar-refractivity contribution in [3.8, 4) is 0 Å². The number of carbonyl (C=O) groups is 3. The molecule has 4 heterocycles. The molecular formula is C25H28ClF3N4O3S. The van der Waals surface area contributed by atoms with Crippen LogP contribution in [0.4, 0.5) is 13.2 Å². The third-order valence-electron chi connectivity index (χ3n) is 7.03. The zero-order valence-corrected chi connectivity index (χ0v) is 22.1. The molecule has 0 aliphatic carbocycles. The number of likely N-dealkylation sites (N-methyl/N-ethyl adjacent to an activating group) is 1. The van der Waals surface area contributed by atoms with Gasteiger partial charge in [-0.3, -0.25) is 19.4 Å². The minimum Gasteiger partial charge on any atom is -0.357 e. The van der Waals surface area contributed by atoms with Gasteiger partial charge in [0.1, 0.15) is 11.7 Å². The van der Waals surface area contributed by atoms with E-state index in [9.17, 15) is 27.6 Å². The molecule has 7 nitrogen and oxygen atoms in total. The van der Waals surface area contributed by atoms with Gasteiger partial charge in [0.05, 0.1) is 15.8 Å². The molecule has 1 N–H and O–H groups in total. The Morgan fingerprint density at radius 3 is 2.68 bits per heavy atom. The van der Waals surface area contributed by atoms with Crippen molar-refractivity contribution < 1.29 is 27.6 Å². The fourth-order valence-electron chi connectivity index (χ4n) is 5.41. The van der Waals surface area contributed by atoms with Crippen molar-refractivity contribution in [2.24, 2.45) is 5.92 Å². The maximum Gasteiger partial charge on any atom is 0.418 e. The third-order valence-corrected chi connectivity index (χ3v) is 8.37. The zero-order valence-electron chi connectivity index (χ0n) is 20.5. The highest BCUT2D eigenvalue weighted by atomic mass is 35.5. The average molecular weight is 557 g/mol. The van der Waals surface area contributed by atoms with Gasteiger partial charge in [-0.05, 0) is 49.4 Å². The van der Waals surface area contributed by atoms with E-state index in [2.05, 4.69) is 10.3 Å². The summed E-state index contributed by atoms with van der Waals surface area (Å²) in [5, 5.41) is 2.63. The monoisotopic (exact) mass is 556 g/mol. The van der Waals surface area contributed by atoms with Crippen molar-refractivity contribution in [2.75, 3.05) is 20.1 Å². The van der Waals surface area contributed by atoms with E-state index >= 15 is 0 Å². The number of nitrogens with one attached hydrogen (secondary N) is 1. The number of aromatic nitrogens is 1. The van der Waals surface area contributed by atoms with E-state index in [0.717, 1.165) is 23.2 Å². The van der Waals surface area contributed by atoms with Crippen molar-refractivity contribution in [1.29, 1.82) is 0 Å². The maximum atomic E-state index is 14.0. The smallest absolute Gasteiger partial charge is 0.357 e. The molecule has 200 valence electrons. The molecule has 0 radical (unpaired) electrons. The quantitative estimate of drug-likeness (QED) is 0.578. The highest BCUT2D eigenvalue weighted by molar-refractivity contribution is 7.16. The summed E-state index contributed by atoms with van der Waals surface area (Å²) in [6.07, 6.45) is -1.06. The van der Waals surface area contributed by atoms with Crippen molar-refractivity contribution in [2.45, 2.75) is 57.3 Å². The lowest BCUT2D eigenvalue weighted by Gasteiger charge is -2.44. The Hall–Kier alpha value is -2.66. The Balaban J connectivity index is 1.67. The first-order valence-electron chi connectivity index (χ1n) is 12.2. The second-order valence-electron chi connectivity index (χ2n) is 9.23. The second-order valence-corrected chi connectivity index (χ2v) is 11.0. The molecule has 1 saturated heterocycles. The highest BCUT2D eigenvalue weighted by Crippen LogP contribution is 2.40. The number of hydrogen-bond acceptors (Lipinski definition) is 5. The summed E-state index contributed by atoms with van der Waals surface area (Å²) < 4.78 is 41.4. The van der Waals surface area contributed by atoms with Gasteiger partial charge in [0.2, 0.25) is 11.8 Å². The van der Waals surface area contributed by atoms with Crippen LogP contribution in [0.25, 0.3) is 0 Å². The Morgan fingerprint density at radius 1 is 1.24 bits per heavy atom. The van der Waals surface area contributed by atoms with Crippen molar-refractivity contribution in [3.05, 3.63) is 50.4 Å². The molecule has 2 aromatic rings. The van der Waals surface area contributed by atoms with E-state index in [1.54, 1.807) is 6.07 Å². The van der Waals surface area contributed by atoms with Crippen LogP contribution >= 0.6 is 22.9 Å². The molecule has 4 rings (SSSR count). The maximum absolute atomic E-state index is 14.0. The number of rotatable bonds is 5. The molecule has 0 bridgehead atoms. The molecule has 3 atom stereocenters. The van der Waals surface area contributed by atoms with Gasteiger partial charge >= 0.3 is 6.18 Å². The summed E-state index contributed by atoms with van der Waals surface area (Å²) in [6.45, 7) is 2.43. The Kier molecular flexibility index (Phi) is 8.13. The molecule has 1 fully saturated rings. The molecule has 0 saturated carbocycles. The number of hydrogen-bond donors (Lipinski definition) is 1. The van der Waals surface area contributed by atoms with Crippen molar-refractivity contribution >= 4 is 40.7 Å². The minimum atomic E-state index is -4.74. The van der Waals surface area contributed by atoms with Crippen LogP contribution < -0.4 is 5.32 Å². The number of halogens is 4. The van der Waals surface area contributed by atoms with Gasteiger partial charge in [0, 0.05) is 37.3 Å². The van der Waals surface area contributed by atoms with Crippen LogP contribution in [-0.4, -0.2) is 58.7 Å². The molecule has 2 aromatic heterocycles. The fourth-order valence-corrected chi connectivity index (χ4v) is 6.71. The van der Waals surface area contributed by atoms with Gasteiger partial charge in [-0.15, -0.1) is 11.3 Å². The van der Waals surface area contributed by atoms with Gasteiger partial charge in [-0.2, -0.15) is 13.2 Å². The van der Waals surface area contributed by atoms with E-state index < -0.39 is 41.3 Å². The van der Waals surface area contributed by atoms with E-state index in [1.165, 1.54) is 28.2 Å². The Bertz CT molecular complexity index is 1190. The average Bonchev–Trinajstić information content (AvgIpc) is 3.26. The summed E-state index contributed by atoms with van der Waals surface area (Å²) in [6, 6.07) is 2.23. The van der Waals surface area contributed by atoms with Gasteiger partial charge in [0.25, 0.3) is 5.91 Å². The zero-order chi connectivity index (χ0) is 26.9. The van der Waals surface area contributed by atoms with Crippen LogP contribution in [0.15, 0.2) is 24.4 Å². The number of pyridine rings is 1. The van der Waals surface area contributed by atoms with Crippen LogP contribution in [-0.2, 0) is 22.2 Å². The Labute approximate surface area is 222 Å². The molecule has 12 heteroatoms. The SMILES string of the molecule is CCC[C@@H]1[C@H](C(=O)N2CCc3sc(Cl)cc3C2C(=O)NC)CCCN1C(=O)c1ncccc1C(F)(F)F. The molecule has 2 aliphatic heterocycles. The number of likely N-dealkylation sites (tertiary alicyclic amines) is 1. The number of thiophene rings is 1. The van der Waals surface area contributed by atoms with E-state index in [0.29, 0.717) is 48.5 Å². The number of nitrogens with zero attached hydrogens (tertiary/aromatic N) is 3. The number of amides is 3. The summed E-state index contributed by atoms with van der Waals surface area (Å²) in [7, 11) is 1.50. The summed E-state index contributed by atoms with van der Waals surface area (Å²) >= 11 is 7.60. The molecule has 1 unspecified atom stereocenters. The fraction of sp³-hybridized carbons (Fsp3) is 0.520. The second kappa shape index (κ2) is 11.0. The first-order chi connectivity index (χ1) is 17.6. The first kappa shape index (κ1) is 27.4. The lowest BCUT2D eigenvalue weighted by atomic mass is 9.83. The molecule has 0 spiro atoms. The predicted molar refractivity (Wildman–Crippen MR) is 133 cm³/mol. The lowest BCUT2D eigenvalue weighted by Crippen LogP contribution is -2.56. The van der Waals surface area contributed by atoms with Gasteiger partial charge in [-0.25, -0.2) is 0 Å². The largest absolute Gasteiger partial charge is 0.418 e. The van der Waals surface area contributed by atoms with Crippen LogP contribution in [0.2, 0.25) is 4.34 Å². The van der Waals surface area contributed by atoms with E-state index in [4.69, 9.17) is 11.6 Å². The molecule has 37 heavy (non-hydrogen) atoms. The summed E-state index contributed by atoms with van der Waals surface area (Å²) in [5.74, 6) is -2.12. The van der Waals surface area contributed by atoms with Crippen LogP contribution in [0, 0.1) is 5.92 Å². The topological polar surface area (TPSA) is 82.6 Å². The van der Waals surface area contributed by atoms with Crippen molar-refractivity contribution in [3.63, 3.8) is 0 Å². The number of fused-ring (bicyclic) bond motifs is 1. The molecule has 3 amide bonds. The van der Waals surface area contributed by atoms with Crippen LogP contribution in [0.1, 0.15) is 65.1 Å². The number of piperidine rings is 1. The van der Waals surface area contributed by atoms with E-state index in [-0.39, 0.29) is 18.4 Å². The lowest BCUT2D eigenvalue weighted by molar-refractivity contribution is -0.147. The summed E-state index contributed by atoms with van der Waals surface area (Å²) in [4.78, 5) is 48.0. The molecular weight excluding hydrogens is 529 g/mol. The van der Waals surface area contributed by atoms with E-state index in [1.807, 2.05) is 6.92 Å². The van der Waals surface area contributed by atoms with Crippen LogP contribution in [0.5, 0.6) is 0 Å². The van der Waals surface area contributed by atoms with Gasteiger partial charge in [-0.1, -0.05) is 24.9 Å². The van der Waals surface area contributed by atoms with Crippen molar-refractivity contribution in [1.82, 2.24) is 20.1 Å². The van der Waals surface area contributed by atoms with Gasteiger partial charge < -0.3 is 15.1 Å². The Morgan fingerprint density at radius 2 is 2.00 bits per heavy atom. The molecule has 0 aromatic carbocycles. The third kappa shape index (κ3) is 5.34. The van der Waals surface area contributed by atoms with Crippen LogP contribution in [0.3, 0.4) is 0 Å².